The highest BCUT2D eigenvalue weighted by molar-refractivity contribution is 5.86. The minimum atomic E-state index is -0.947. The number of aliphatic carboxylic acids is 1. The van der Waals surface area contributed by atoms with Gasteiger partial charge in [-0.3, -0.25) is 0 Å². The summed E-state index contributed by atoms with van der Waals surface area (Å²) in [5, 5.41) is 9.12. The third kappa shape index (κ3) is 3.82. The first kappa shape index (κ1) is 16.0. The molecule has 0 saturated heterocycles. The van der Waals surface area contributed by atoms with Gasteiger partial charge in [0, 0.05) is 11.5 Å². The van der Waals surface area contributed by atoms with Crippen molar-refractivity contribution in [3.63, 3.8) is 0 Å². The van der Waals surface area contributed by atoms with Gasteiger partial charge >= 0.3 is 5.97 Å². The van der Waals surface area contributed by atoms with Crippen molar-refractivity contribution in [1.29, 1.82) is 0 Å². The molecule has 0 aliphatic carbocycles. The Bertz CT molecular complexity index is 670. The van der Waals surface area contributed by atoms with Crippen LogP contribution in [0.15, 0.2) is 60.2 Å². The number of halogens is 1. The van der Waals surface area contributed by atoms with Gasteiger partial charge in [0.25, 0.3) is 0 Å². The summed E-state index contributed by atoms with van der Waals surface area (Å²) in [4.78, 5) is 11.1. The molecule has 0 spiro atoms. The van der Waals surface area contributed by atoms with Crippen LogP contribution in [0.25, 0.3) is 0 Å². The molecule has 114 valence electrons. The summed E-state index contributed by atoms with van der Waals surface area (Å²) in [5.74, 6) is -1.46. The molecule has 0 radical (unpaired) electrons. The molecule has 3 heteroatoms. The molecule has 0 amide bonds. The maximum absolute atomic E-state index is 13.1. The smallest absolute Gasteiger partial charge is 0.330 e. The molecule has 0 bridgehead atoms. The van der Waals surface area contributed by atoms with Crippen molar-refractivity contribution in [1.82, 2.24) is 0 Å². The van der Waals surface area contributed by atoms with Crippen molar-refractivity contribution >= 4 is 5.97 Å². The Morgan fingerprint density at radius 2 is 1.59 bits per heavy atom. The fourth-order valence-corrected chi connectivity index (χ4v) is 2.34. The lowest BCUT2D eigenvalue weighted by Gasteiger charge is -2.15. The summed E-state index contributed by atoms with van der Waals surface area (Å²) in [7, 11) is 0. The molecule has 2 nitrogen and oxygen atoms in total. The van der Waals surface area contributed by atoms with E-state index in [0.717, 1.165) is 17.5 Å². The number of rotatable bonds is 5. The lowest BCUT2D eigenvalue weighted by atomic mass is 9.89. The van der Waals surface area contributed by atoms with Gasteiger partial charge in [-0.15, -0.1) is 0 Å². The van der Waals surface area contributed by atoms with Crippen molar-refractivity contribution in [3.05, 3.63) is 82.7 Å². The van der Waals surface area contributed by atoms with Crippen molar-refractivity contribution in [2.75, 3.05) is 0 Å². The van der Waals surface area contributed by atoms with Crippen LogP contribution >= 0.6 is 0 Å². The maximum Gasteiger partial charge on any atom is 0.330 e. The average molecular weight is 298 g/mol. The van der Waals surface area contributed by atoms with Crippen molar-refractivity contribution in [3.8, 4) is 0 Å². The van der Waals surface area contributed by atoms with E-state index < -0.39 is 5.97 Å². The first-order chi connectivity index (χ1) is 10.5. The van der Waals surface area contributed by atoms with Gasteiger partial charge < -0.3 is 5.11 Å². The summed E-state index contributed by atoms with van der Waals surface area (Å²) >= 11 is 0. The van der Waals surface area contributed by atoms with E-state index in [1.165, 1.54) is 17.7 Å². The van der Waals surface area contributed by atoms with Crippen LogP contribution in [0.4, 0.5) is 4.39 Å². The van der Waals surface area contributed by atoms with Gasteiger partial charge in [0.15, 0.2) is 0 Å². The molecule has 1 N–H and O–H groups in total. The summed E-state index contributed by atoms with van der Waals surface area (Å²) in [6, 6.07) is 14.3. The van der Waals surface area contributed by atoms with Crippen LogP contribution in [0.5, 0.6) is 0 Å². The number of carboxylic acids is 1. The third-order valence-corrected chi connectivity index (χ3v) is 3.73. The summed E-state index contributed by atoms with van der Waals surface area (Å²) in [5.41, 5.74) is 3.35. The van der Waals surface area contributed by atoms with E-state index in [2.05, 4.69) is 6.92 Å². The molecule has 0 aromatic heterocycles. The molecule has 2 aromatic rings. The summed E-state index contributed by atoms with van der Waals surface area (Å²) in [6.45, 7) is 3.65. The number of benzene rings is 2. The molecule has 0 aliphatic heterocycles. The van der Waals surface area contributed by atoms with Crippen molar-refractivity contribution in [2.24, 2.45) is 0 Å². The van der Waals surface area contributed by atoms with Crippen molar-refractivity contribution < 1.29 is 14.3 Å². The van der Waals surface area contributed by atoms with Gasteiger partial charge in [0.1, 0.15) is 5.82 Å². The SMILES string of the molecule is CCc1ccc(C(/C=C(\C)C(=O)O)c2ccc(F)cc2)cc1. The van der Waals surface area contributed by atoms with Crippen LogP contribution in [-0.4, -0.2) is 11.1 Å². The van der Waals surface area contributed by atoms with E-state index in [1.807, 2.05) is 24.3 Å². The minimum absolute atomic E-state index is 0.206. The van der Waals surface area contributed by atoms with Gasteiger partial charge in [0.05, 0.1) is 0 Å². The lowest BCUT2D eigenvalue weighted by molar-refractivity contribution is -0.132. The number of carbonyl (C=O) groups is 1. The average Bonchev–Trinajstić information content (AvgIpc) is 2.53. The zero-order valence-corrected chi connectivity index (χ0v) is 12.7. The largest absolute Gasteiger partial charge is 0.478 e. The first-order valence-corrected chi connectivity index (χ1v) is 7.27. The quantitative estimate of drug-likeness (QED) is 0.822. The molecule has 22 heavy (non-hydrogen) atoms. The molecule has 0 heterocycles. The third-order valence-electron chi connectivity index (χ3n) is 3.73. The molecule has 0 aliphatic rings. The van der Waals surface area contributed by atoms with Gasteiger partial charge in [-0.05, 0) is 42.2 Å². The highest BCUT2D eigenvalue weighted by atomic mass is 19.1. The maximum atomic E-state index is 13.1. The second-order valence-corrected chi connectivity index (χ2v) is 5.28. The number of allylic oxidation sites excluding steroid dienone is 1. The fourth-order valence-electron chi connectivity index (χ4n) is 2.34. The predicted octanol–water partition coefficient (Wildman–Crippen LogP) is 4.55. The first-order valence-electron chi connectivity index (χ1n) is 7.27. The van der Waals surface area contributed by atoms with Gasteiger partial charge in [-0.25, -0.2) is 9.18 Å². The van der Waals surface area contributed by atoms with Gasteiger partial charge in [-0.1, -0.05) is 49.4 Å². The Balaban J connectivity index is 2.46. The fraction of sp³-hybridized carbons (Fsp3) is 0.211. The van der Waals surface area contributed by atoms with Gasteiger partial charge in [-0.2, -0.15) is 0 Å². The van der Waals surface area contributed by atoms with E-state index in [9.17, 15) is 9.18 Å². The number of carboxylic acid groups (broad SMARTS) is 1. The molecule has 0 saturated carbocycles. The molecule has 2 rings (SSSR count). The Morgan fingerprint density at radius 3 is 2.05 bits per heavy atom. The van der Waals surface area contributed by atoms with E-state index in [-0.39, 0.29) is 17.3 Å². The van der Waals surface area contributed by atoms with Crippen molar-refractivity contribution in [2.45, 2.75) is 26.2 Å². The monoisotopic (exact) mass is 298 g/mol. The summed E-state index contributed by atoms with van der Waals surface area (Å²) in [6.07, 6.45) is 2.65. The highest BCUT2D eigenvalue weighted by Gasteiger charge is 2.14. The lowest BCUT2D eigenvalue weighted by Crippen LogP contribution is -2.03. The van der Waals surface area contributed by atoms with Crippen LogP contribution < -0.4 is 0 Å². The van der Waals surface area contributed by atoms with Crippen LogP contribution in [0.2, 0.25) is 0 Å². The topological polar surface area (TPSA) is 37.3 Å². The minimum Gasteiger partial charge on any atom is -0.478 e. The molecule has 2 aromatic carbocycles. The number of hydrogen-bond acceptors (Lipinski definition) is 1. The van der Waals surface area contributed by atoms with E-state index in [4.69, 9.17) is 5.11 Å². The van der Waals surface area contributed by atoms with E-state index in [1.54, 1.807) is 25.1 Å². The molecule has 1 unspecified atom stereocenters. The van der Waals surface area contributed by atoms with Crippen LogP contribution in [0.1, 0.15) is 36.5 Å². The normalized spacial score (nSPS) is 13.0. The zero-order valence-electron chi connectivity index (χ0n) is 12.7. The number of aryl methyl sites for hydroxylation is 1. The zero-order chi connectivity index (χ0) is 16.1. The van der Waals surface area contributed by atoms with Crippen LogP contribution in [-0.2, 0) is 11.2 Å². The summed E-state index contributed by atoms with van der Waals surface area (Å²) < 4.78 is 13.1. The Kier molecular flexibility index (Phi) is 5.10. The molecule has 1 atom stereocenters. The Morgan fingerprint density at radius 1 is 1.09 bits per heavy atom. The second kappa shape index (κ2) is 7.03. The van der Waals surface area contributed by atoms with Gasteiger partial charge in [0.2, 0.25) is 0 Å². The van der Waals surface area contributed by atoms with Crippen LogP contribution in [0.3, 0.4) is 0 Å². The molecular weight excluding hydrogens is 279 g/mol. The molecule has 0 fully saturated rings. The van der Waals surface area contributed by atoms with Crippen LogP contribution in [0, 0.1) is 5.82 Å². The van der Waals surface area contributed by atoms with E-state index >= 15 is 0 Å². The number of hydrogen-bond donors (Lipinski definition) is 1. The highest BCUT2D eigenvalue weighted by Crippen LogP contribution is 2.28. The second-order valence-electron chi connectivity index (χ2n) is 5.28. The molecular formula is C19H19FO2. The Labute approximate surface area is 129 Å². The Hall–Kier alpha value is -2.42. The van der Waals surface area contributed by atoms with E-state index in [0.29, 0.717) is 0 Å². The predicted molar refractivity (Wildman–Crippen MR) is 85.5 cm³/mol. The standard InChI is InChI=1S/C19H19FO2/c1-3-14-4-6-15(7-5-14)18(12-13(2)19(21)22)16-8-10-17(20)11-9-16/h4-12,18H,3H2,1-2H3,(H,21,22)/b13-12+.